The van der Waals surface area contributed by atoms with E-state index in [-0.39, 0.29) is 5.56 Å². The van der Waals surface area contributed by atoms with Crippen molar-refractivity contribution < 1.29 is 0 Å². The SMILES string of the molecule is C[C@H](C1CC1)N(Cc1nc2ccsc2c(=O)[nH]1)C1CC1. The van der Waals surface area contributed by atoms with Crippen molar-refractivity contribution in [2.24, 2.45) is 5.92 Å². The molecule has 0 unspecified atom stereocenters. The van der Waals surface area contributed by atoms with Gasteiger partial charge in [-0.1, -0.05) is 0 Å². The number of nitrogens with zero attached hydrogens (tertiary/aromatic N) is 2. The second kappa shape index (κ2) is 4.67. The molecule has 2 aromatic heterocycles. The number of fused-ring (bicyclic) bond motifs is 1. The van der Waals surface area contributed by atoms with Crippen molar-refractivity contribution in [3.63, 3.8) is 0 Å². The van der Waals surface area contributed by atoms with Crippen molar-refractivity contribution in [3.05, 3.63) is 27.6 Å². The second-order valence-corrected chi connectivity index (χ2v) is 7.05. The van der Waals surface area contributed by atoms with Gasteiger partial charge in [-0.25, -0.2) is 4.98 Å². The lowest BCUT2D eigenvalue weighted by atomic mass is 10.1. The highest BCUT2D eigenvalue weighted by molar-refractivity contribution is 7.17. The average Bonchev–Trinajstić information content (AvgIpc) is 3.33. The Morgan fingerprint density at radius 1 is 1.45 bits per heavy atom. The molecule has 1 N–H and O–H groups in total. The standard InChI is InChI=1S/C15H19N3OS/c1-9(10-2-3-10)18(11-4-5-11)8-13-16-12-6-7-20-14(12)15(19)17-13/h6-7,9-11H,2-5,8H2,1H3,(H,16,17,19)/t9-/m1/s1. The lowest BCUT2D eigenvalue weighted by Crippen LogP contribution is -2.37. The summed E-state index contributed by atoms with van der Waals surface area (Å²) in [5.74, 6) is 1.67. The zero-order valence-electron chi connectivity index (χ0n) is 11.6. The molecule has 1 atom stereocenters. The van der Waals surface area contributed by atoms with Crippen LogP contribution in [0.1, 0.15) is 38.4 Å². The van der Waals surface area contributed by atoms with Crippen molar-refractivity contribution in [1.29, 1.82) is 0 Å². The summed E-state index contributed by atoms with van der Waals surface area (Å²) in [6, 6.07) is 3.25. The van der Waals surface area contributed by atoms with Gasteiger partial charge >= 0.3 is 0 Å². The monoisotopic (exact) mass is 289 g/mol. The van der Waals surface area contributed by atoms with Crippen molar-refractivity contribution in [1.82, 2.24) is 14.9 Å². The van der Waals surface area contributed by atoms with E-state index >= 15 is 0 Å². The Balaban J connectivity index is 1.62. The normalized spacial score (nSPS) is 20.7. The molecule has 2 aromatic rings. The molecule has 4 rings (SSSR count). The summed E-state index contributed by atoms with van der Waals surface area (Å²) in [6.07, 6.45) is 5.31. The number of H-pyrrole nitrogens is 1. The van der Waals surface area contributed by atoms with Crippen LogP contribution in [0.25, 0.3) is 10.2 Å². The molecule has 106 valence electrons. The van der Waals surface area contributed by atoms with Crippen LogP contribution < -0.4 is 5.56 Å². The predicted molar refractivity (Wildman–Crippen MR) is 81.0 cm³/mol. The van der Waals surface area contributed by atoms with Gasteiger partial charge in [0, 0.05) is 12.1 Å². The number of rotatable bonds is 5. The summed E-state index contributed by atoms with van der Waals surface area (Å²) in [6.45, 7) is 3.11. The Morgan fingerprint density at radius 2 is 2.25 bits per heavy atom. The Labute approximate surface area is 121 Å². The minimum absolute atomic E-state index is 0.00909. The van der Waals surface area contributed by atoms with Crippen molar-refractivity contribution in [3.8, 4) is 0 Å². The number of nitrogens with one attached hydrogen (secondary N) is 1. The molecule has 0 aliphatic heterocycles. The first-order valence-electron chi connectivity index (χ1n) is 7.44. The molecule has 2 aliphatic carbocycles. The highest BCUT2D eigenvalue weighted by Crippen LogP contribution is 2.40. The van der Waals surface area contributed by atoms with E-state index in [0.717, 1.165) is 28.5 Å². The van der Waals surface area contributed by atoms with Crippen molar-refractivity contribution >= 4 is 21.6 Å². The van der Waals surface area contributed by atoms with Crippen molar-refractivity contribution in [2.45, 2.75) is 51.2 Å². The summed E-state index contributed by atoms with van der Waals surface area (Å²) >= 11 is 1.46. The van der Waals surface area contributed by atoms with Gasteiger partial charge in [-0.15, -0.1) is 11.3 Å². The maximum atomic E-state index is 12.0. The molecule has 5 heteroatoms. The third kappa shape index (κ3) is 2.29. The molecule has 2 aliphatic rings. The summed E-state index contributed by atoms with van der Waals surface area (Å²) in [4.78, 5) is 22.2. The lowest BCUT2D eigenvalue weighted by molar-refractivity contribution is 0.166. The third-order valence-electron chi connectivity index (χ3n) is 4.54. The van der Waals surface area contributed by atoms with E-state index in [9.17, 15) is 4.79 Å². The lowest BCUT2D eigenvalue weighted by Gasteiger charge is -2.28. The molecule has 0 amide bonds. The summed E-state index contributed by atoms with van der Waals surface area (Å²) in [5.41, 5.74) is 0.846. The first-order chi connectivity index (χ1) is 9.72. The maximum absolute atomic E-state index is 12.0. The number of hydrogen-bond acceptors (Lipinski definition) is 4. The molecule has 0 saturated heterocycles. The molecule has 2 fully saturated rings. The Bertz CT molecular complexity index is 684. The fourth-order valence-electron chi connectivity index (χ4n) is 3.03. The highest BCUT2D eigenvalue weighted by atomic mass is 32.1. The van der Waals surface area contributed by atoms with Crippen LogP contribution in [0.3, 0.4) is 0 Å². The molecule has 2 saturated carbocycles. The Hall–Kier alpha value is -1.20. The van der Waals surface area contributed by atoms with Crippen LogP contribution in [0.5, 0.6) is 0 Å². The minimum atomic E-state index is 0.00909. The fourth-order valence-corrected chi connectivity index (χ4v) is 3.76. The van der Waals surface area contributed by atoms with Gasteiger partial charge in [-0.3, -0.25) is 9.69 Å². The van der Waals surface area contributed by atoms with Gasteiger partial charge in [-0.05, 0) is 50.0 Å². The number of hydrogen-bond donors (Lipinski definition) is 1. The second-order valence-electron chi connectivity index (χ2n) is 6.13. The molecule has 20 heavy (non-hydrogen) atoms. The van der Waals surface area contributed by atoms with Gasteiger partial charge in [0.05, 0.1) is 12.1 Å². The first kappa shape index (κ1) is 12.5. The van der Waals surface area contributed by atoms with Crippen LogP contribution in [0.4, 0.5) is 0 Å². The van der Waals surface area contributed by atoms with Gasteiger partial charge in [-0.2, -0.15) is 0 Å². The molecular weight excluding hydrogens is 270 g/mol. The topological polar surface area (TPSA) is 49.0 Å². The fraction of sp³-hybridized carbons (Fsp3) is 0.600. The van der Waals surface area contributed by atoms with Crippen LogP contribution in [-0.2, 0) is 6.54 Å². The largest absolute Gasteiger partial charge is 0.308 e. The van der Waals surface area contributed by atoms with Crippen LogP contribution in [-0.4, -0.2) is 27.0 Å². The molecule has 0 bridgehead atoms. The average molecular weight is 289 g/mol. The molecule has 0 aromatic carbocycles. The van der Waals surface area contributed by atoms with Crippen LogP contribution in [0.2, 0.25) is 0 Å². The van der Waals surface area contributed by atoms with Gasteiger partial charge in [0.2, 0.25) is 0 Å². The van der Waals surface area contributed by atoms with E-state index < -0.39 is 0 Å². The van der Waals surface area contributed by atoms with Gasteiger partial charge in [0.25, 0.3) is 5.56 Å². The Morgan fingerprint density at radius 3 is 2.95 bits per heavy atom. The van der Waals surface area contributed by atoms with Crippen LogP contribution in [0, 0.1) is 5.92 Å². The van der Waals surface area contributed by atoms with Gasteiger partial charge < -0.3 is 4.98 Å². The number of aromatic amines is 1. The molecule has 0 spiro atoms. The van der Waals surface area contributed by atoms with Gasteiger partial charge in [0.1, 0.15) is 10.5 Å². The molecule has 4 nitrogen and oxygen atoms in total. The summed E-state index contributed by atoms with van der Waals surface area (Å²) < 4.78 is 0.738. The van der Waals surface area contributed by atoms with Crippen molar-refractivity contribution in [2.75, 3.05) is 0 Å². The summed E-state index contributed by atoms with van der Waals surface area (Å²) in [7, 11) is 0. The van der Waals surface area contributed by atoms with Crippen LogP contribution >= 0.6 is 11.3 Å². The number of thiophene rings is 1. The van der Waals surface area contributed by atoms with E-state index in [2.05, 4.69) is 21.8 Å². The highest BCUT2D eigenvalue weighted by Gasteiger charge is 2.39. The molecular formula is C15H19N3OS. The Kier molecular flexibility index (Phi) is 2.93. The third-order valence-corrected chi connectivity index (χ3v) is 5.44. The van der Waals surface area contributed by atoms with E-state index in [0.29, 0.717) is 12.1 Å². The molecule has 2 heterocycles. The van der Waals surface area contributed by atoms with E-state index in [4.69, 9.17) is 0 Å². The van der Waals surface area contributed by atoms with E-state index in [1.807, 2.05) is 11.4 Å². The quantitative estimate of drug-likeness (QED) is 0.920. The van der Waals surface area contributed by atoms with Gasteiger partial charge in [0.15, 0.2) is 0 Å². The van der Waals surface area contributed by atoms with Crippen LogP contribution in [0.15, 0.2) is 16.2 Å². The predicted octanol–water partition coefficient (Wildman–Crippen LogP) is 2.75. The number of aromatic nitrogens is 2. The zero-order valence-corrected chi connectivity index (χ0v) is 12.4. The minimum Gasteiger partial charge on any atom is -0.308 e. The molecule has 0 radical (unpaired) electrons. The zero-order chi connectivity index (χ0) is 13.7. The van der Waals surface area contributed by atoms with E-state index in [1.54, 1.807) is 0 Å². The first-order valence-corrected chi connectivity index (χ1v) is 8.32. The smallest absolute Gasteiger partial charge is 0.268 e. The maximum Gasteiger partial charge on any atom is 0.268 e. The van der Waals surface area contributed by atoms with E-state index in [1.165, 1.54) is 37.0 Å². The summed E-state index contributed by atoms with van der Waals surface area (Å²) in [5, 5.41) is 1.93.